The minimum atomic E-state index is -3.32. The highest BCUT2D eigenvalue weighted by Gasteiger charge is 2.32. The number of aromatic nitrogens is 3. The van der Waals surface area contributed by atoms with Gasteiger partial charge in [0.05, 0.1) is 24.5 Å². The summed E-state index contributed by atoms with van der Waals surface area (Å²) in [5.41, 5.74) is 2.54. The van der Waals surface area contributed by atoms with E-state index in [2.05, 4.69) is 9.88 Å². The topological polar surface area (TPSA) is 106 Å². The van der Waals surface area contributed by atoms with Crippen LogP contribution in [-0.2, 0) is 32.5 Å². The maximum absolute atomic E-state index is 12.2. The zero-order chi connectivity index (χ0) is 22.0. The Morgan fingerprint density at radius 2 is 2.00 bits per heavy atom. The zero-order valence-electron chi connectivity index (χ0n) is 17.8. The normalized spacial score (nSPS) is 17.9. The Morgan fingerprint density at radius 1 is 1.23 bits per heavy atom. The summed E-state index contributed by atoms with van der Waals surface area (Å²) in [7, 11) is -3.32. The molecule has 2 aliphatic heterocycles. The maximum Gasteiger partial charge on any atom is 0.309 e. The highest BCUT2D eigenvalue weighted by Crippen LogP contribution is 2.32. The standard InChI is InChI=1S/C21H27N5O4S/c1-3-30-21(27)15-6-10-25(11-7-15)20-17-14-26(31(2,28)29)12-8-18(17)23-19(24-20)16-5-4-9-22-13-16/h4-5,9,13,15H,3,6-8,10-12,14H2,1-2H3. The van der Waals surface area contributed by atoms with E-state index in [1.54, 1.807) is 12.4 Å². The molecule has 1 fully saturated rings. The van der Waals surface area contributed by atoms with Crippen molar-refractivity contribution in [3.05, 3.63) is 35.8 Å². The van der Waals surface area contributed by atoms with E-state index in [4.69, 9.17) is 14.7 Å². The Hall–Kier alpha value is -2.59. The van der Waals surface area contributed by atoms with Gasteiger partial charge in [0.1, 0.15) is 5.82 Å². The fraction of sp³-hybridized carbons (Fsp3) is 0.524. The average molecular weight is 446 g/mol. The fourth-order valence-corrected chi connectivity index (χ4v) is 4.91. The molecule has 2 aromatic rings. The number of nitrogens with zero attached hydrogens (tertiary/aromatic N) is 5. The molecule has 9 nitrogen and oxygen atoms in total. The summed E-state index contributed by atoms with van der Waals surface area (Å²) in [6.07, 6.45) is 6.54. The molecule has 166 valence electrons. The highest BCUT2D eigenvalue weighted by molar-refractivity contribution is 7.88. The number of ether oxygens (including phenoxy) is 1. The molecular weight excluding hydrogens is 418 g/mol. The smallest absolute Gasteiger partial charge is 0.309 e. The van der Waals surface area contributed by atoms with Gasteiger partial charge >= 0.3 is 5.97 Å². The third-order valence-electron chi connectivity index (χ3n) is 5.81. The molecule has 31 heavy (non-hydrogen) atoms. The molecule has 0 spiro atoms. The first-order valence-electron chi connectivity index (χ1n) is 10.5. The van der Waals surface area contributed by atoms with Gasteiger partial charge < -0.3 is 9.64 Å². The van der Waals surface area contributed by atoms with Gasteiger partial charge in [-0.1, -0.05) is 0 Å². The number of anilines is 1. The third-order valence-corrected chi connectivity index (χ3v) is 7.06. The average Bonchev–Trinajstić information content (AvgIpc) is 2.78. The molecule has 2 aliphatic rings. The summed E-state index contributed by atoms with van der Waals surface area (Å²) in [5.74, 6) is 1.08. The molecule has 0 aromatic carbocycles. The Bertz CT molecular complexity index is 1050. The second kappa shape index (κ2) is 8.88. The third kappa shape index (κ3) is 4.69. The molecule has 0 bridgehead atoms. The summed E-state index contributed by atoms with van der Waals surface area (Å²) in [5, 5.41) is 0. The lowest BCUT2D eigenvalue weighted by Crippen LogP contribution is -2.41. The Balaban J connectivity index is 1.68. The van der Waals surface area contributed by atoms with Crippen LogP contribution >= 0.6 is 0 Å². The van der Waals surface area contributed by atoms with Gasteiger partial charge in [0, 0.05) is 56.1 Å². The lowest BCUT2D eigenvalue weighted by atomic mass is 9.96. The number of fused-ring (bicyclic) bond motifs is 1. The predicted octanol–water partition coefficient (Wildman–Crippen LogP) is 1.64. The molecule has 2 aromatic heterocycles. The summed E-state index contributed by atoms with van der Waals surface area (Å²) < 4.78 is 31.0. The molecule has 0 N–H and O–H groups in total. The van der Waals surface area contributed by atoms with Gasteiger partial charge in [0.15, 0.2) is 5.82 Å². The van der Waals surface area contributed by atoms with Crippen LogP contribution in [0.3, 0.4) is 0 Å². The summed E-state index contributed by atoms with van der Waals surface area (Å²) in [4.78, 5) is 28.0. The summed E-state index contributed by atoms with van der Waals surface area (Å²) >= 11 is 0. The van der Waals surface area contributed by atoms with Crippen molar-refractivity contribution >= 4 is 21.8 Å². The van der Waals surface area contributed by atoms with Crippen molar-refractivity contribution in [3.8, 4) is 11.4 Å². The van der Waals surface area contributed by atoms with Crippen molar-refractivity contribution in [1.82, 2.24) is 19.3 Å². The van der Waals surface area contributed by atoms with E-state index < -0.39 is 10.0 Å². The molecule has 4 rings (SSSR count). The molecule has 10 heteroatoms. The van der Waals surface area contributed by atoms with E-state index in [0.29, 0.717) is 51.3 Å². The van der Waals surface area contributed by atoms with Crippen LogP contribution in [0.5, 0.6) is 0 Å². The number of hydrogen-bond acceptors (Lipinski definition) is 8. The first-order chi connectivity index (χ1) is 14.9. The number of sulfonamides is 1. The molecule has 0 unspecified atom stereocenters. The lowest BCUT2D eigenvalue weighted by molar-refractivity contribution is -0.148. The van der Waals surface area contributed by atoms with Crippen LogP contribution in [-0.4, -0.2) is 66.1 Å². The van der Waals surface area contributed by atoms with Gasteiger partial charge in [-0.15, -0.1) is 0 Å². The second-order valence-corrected chi connectivity index (χ2v) is 9.88. The quantitative estimate of drug-likeness (QED) is 0.640. The number of pyridine rings is 1. The minimum absolute atomic E-state index is 0.112. The first kappa shape index (κ1) is 21.6. The second-order valence-electron chi connectivity index (χ2n) is 7.90. The first-order valence-corrected chi connectivity index (χ1v) is 12.4. The van der Waals surface area contributed by atoms with E-state index in [1.807, 2.05) is 19.1 Å². The van der Waals surface area contributed by atoms with Gasteiger partial charge in [-0.05, 0) is 31.9 Å². The van der Waals surface area contributed by atoms with Crippen molar-refractivity contribution in [2.45, 2.75) is 32.7 Å². The Labute approximate surface area is 182 Å². The summed E-state index contributed by atoms with van der Waals surface area (Å²) in [6, 6.07) is 3.76. The number of rotatable bonds is 5. The molecule has 0 aliphatic carbocycles. The van der Waals surface area contributed by atoms with Gasteiger partial charge in [-0.3, -0.25) is 9.78 Å². The predicted molar refractivity (Wildman–Crippen MR) is 116 cm³/mol. The van der Waals surface area contributed by atoms with Crippen LogP contribution in [0.25, 0.3) is 11.4 Å². The van der Waals surface area contributed by atoms with Crippen molar-refractivity contribution < 1.29 is 17.9 Å². The molecule has 1 saturated heterocycles. The van der Waals surface area contributed by atoms with Crippen LogP contribution in [0.1, 0.15) is 31.0 Å². The molecule has 4 heterocycles. The zero-order valence-corrected chi connectivity index (χ0v) is 18.6. The van der Waals surface area contributed by atoms with Gasteiger partial charge in [0.2, 0.25) is 10.0 Å². The van der Waals surface area contributed by atoms with E-state index in [-0.39, 0.29) is 18.4 Å². The van der Waals surface area contributed by atoms with E-state index >= 15 is 0 Å². The molecule has 0 atom stereocenters. The van der Waals surface area contributed by atoms with Crippen LogP contribution in [0, 0.1) is 5.92 Å². The van der Waals surface area contributed by atoms with E-state index in [1.165, 1.54) is 10.6 Å². The number of carbonyl (C=O) groups is 1. The van der Waals surface area contributed by atoms with Crippen molar-refractivity contribution in [1.29, 1.82) is 0 Å². The van der Waals surface area contributed by atoms with Gasteiger partial charge in [-0.2, -0.15) is 4.31 Å². The van der Waals surface area contributed by atoms with Crippen LogP contribution in [0.2, 0.25) is 0 Å². The number of esters is 1. The number of hydrogen-bond donors (Lipinski definition) is 0. The molecule has 0 saturated carbocycles. The fourth-order valence-electron chi connectivity index (χ4n) is 4.13. The summed E-state index contributed by atoms with van der Waals surface area (Å²) in [6.45, 7) is 4.16. The molecule has 0 amide bonds. The lowest BCUT2D eigenvalue weighted by Gasteiger charge is -2.35. The largest absolute Gasteiger partial charge is 0.466 e. The molecule has 0 radical (unpaired) electrons. The highest BCUT2D eigenvalue weighted by atomic mass is 32.2. The SMILES string of the molecule is CCOC(=O)C1CCN(c2nc(-c3cccnc3)nc3c2CN(S(C)(=O)=O)CC3)CC1. The van der Waals surface area contributed by atoms with Crippen LogP contribution in [0.4, 0.5) is 5.82 Å². The van der Waals surface area contributed by atoms with Gasteiger partial charge in [-0.25, -0.2) is 18.4 Å². The van der Waals surface area contributed by atoms with Gasteiger partial charge in [0.25, 0.3) is 0 Å². The maximum atomic E-state index is 12.2. The van der Waals surface area contributed by atoms with E-state index in [9.17, 15) is 13.2 Å². The van der Waals surface area contributed by atoms with Crippen molar-refractivity contribution in [3.63, 3.8) is 0 Å². The molecular formula is C21H27N5O4S. The van der Waals surface area contributed by atoms with E-state index in [0.717, 1.165) is 22.6 Å². The van der Waals surface area contributed by atoms with Crippen LogP contribution in [0.15, 0.2) is 24.5 Å². The minimum Gasteiger partial charge on any atom is -0.466 e. The monoisotopic (exact) mass is 445 g/mol. The van der Waals surface area contributed by atoms with Crippen molar-refractivity contribution in [2.24, 2.45) is 5.92 Å². The van der Waals surface area contributed by atoms with Crippen molar-refractivity contribution in [2.75, 3.05) is 37.4 Å². The number of piperidine rings is 1. The van der Waals surface area contributed by atoms with Crippen LogP contribution < -0.4 is 4.90 Å². The Morgan fingerprint density at radius 3 is 2.65 bits per heavy atom. The number of carbonyl (C=O) groups excluding carboxylic acids is 1. The Kier molecular flexibility index (Phi) is 6.19.